The van der Waals surface area contributed by atoms with Crippen molar-refractivity contribution in [3.05, 3.63) is 88.5 Å². The summed E-state index contributed by atoms with van der Waals surface area (Å²) in [6.45, 7) is 6.94. The van der Waals surface area contributed by atoms with E-state index in [9.17, 15) is 4.79 Å². The van der Waals surface area contributed by atoms with Crippen LogP contribution in [0.1, 0.15) is 45.6 Å². The van der Waals surface area contributed by atoms with Gasteiger partial charge >= 0.3 is 0 Å². The third-order valence-corrected chi connectivity index (χ3v) is 5.88. The molecule has 0 saturated heterocycles. The molecule has 0 fully saturated rings. The molecule has 1 unspecified atom stereocenters. The molecule has 7 heteroatoms. The van der Waals surface area contributed by atoms with Gasteiger partial charge in [0.1, 0.15) is 30.0 Å². The average molecular weight is 503 g/mol. The number of nitrogens with one attached hydrogen (secondary N) is 1. The van der Waals surface area contributed by atoms with E-state index >= 15 is 0 Å². The first-order valence-corrected chi connectivity index (χ1v) is 12.1. The van der Waals surface area contributed by atoms with Gasteiger partial charge < -0.3 is 30.0 Å². The summed E-state index contributed by atoms with van der Waals surface area (Å²) in [5.41, 5.74) is 10.8. The minimum atomic E-state index is -0.330. The normalized spacial score (nSPS) is 11.2. The van der Waals surface area contributed by atoms with E-state index in [2.05, 4.69) is 17.3 Å². The Balaban J connectivity index is 1.48. The lowest BCUT2D eigenvalue weighted by atomic mass is 9.98. The molecule has 0 aliphatic heterocycles. The van der Waals surface area contributed by atoms with Gasteiger partial charge in [0.15, 0.2) is 0 Å². The molecule has 0 aliphatic carbocycles. The monoisotopic (exact) mass is 502 g/mol. The van der Waals surface area contributed by atoms with E-state index in [1.807, 2.05) is 68.4 Å². The second-order valence-electron chi connectivity index (χ2n) is 8.38. The van der Waals surface area contributed by atoms with Crippen LogP contribution in [0.2, 0.25) is 0 Å². The summed E-state index contributed by atoms with van der Waals surface area (Å²) in [6, 6.07) is 18.7. The van der Waals surface area contributed by atoms with E-state index in [1.54, 1.807) is 20.1 Å². The number of methoxy groups -OCH3 is 1. The highest BCUT2D eigenvalue weighted by Gasteiger charge is 2.16. The van der Waals surface area contributed by atoms with Gasteiger partial charge in [-0.25, -0.2) is 0 Å². The molecule has 1 atom stereocenters. The second-order valence-corrected chi connectivity index (χ2v) is 8.38. The molecule has 3 aromatic rings. The predicted molar refractivity (Wildman–Crippen MR) is 144 cm³/mol. The maximum atomic E-state index is 12.6. The van der Waals surface area contributed by atoms with Crippen molar-refractivity contribution in [2.45, 2.75) is 26.8 Å². The van der Waals surface area contributed by atoms with Crippen LogP contribution >= 0.6 is 0 Å². The van der Waals surface area contributed by atoms with E-state index in [4.69, 9.17) is 24.7 Å². The molecule has 194 valence electrons. The van der Waals surface area contributed by atoms with Crippen molar-refractivity contribution >= 4 is 5.91 Å². The summed E-state index contributed by atoms with van der Waals surface area (Å²) < 4.78 is 22.4. The molecule has 0 heterocycles. The molecule has 0 bridgehead atoms. The first kappa shape index (κ1) is 27.6. The van der Waals surface area contributed by atoms with Crippen LogP contribution in [0.4, 0.5) is 0 Å². The second kappa shape index (κ2) is 13.9. The van der Waals surface area contributed by atoms with Crippen molar-refractivity contribution < 1.29 is 23.7 Å². The van der Waals surface area contributed by atoms with Crippen LogP contribution in [-0.4, -0.2) is 39.4 Å². The number of aryl methyl sites for hydroxylation is 1. The summed E-state index contributed by atoms with van der Waals surface area (Å²) >= 11 is 0. The van der Waals surface area contributed by atoms with E-state index in [1.165, 1.54) is 0 Å². The fourth-order valence-corrected chi connectivity index (χ4v) is 3.69. The Kier molecular flexibility index (Phi) is 10.4. The topological polar surface area (TPSA) is 92.0 Å². The van der Waals surface area contributed by atoms with E-state index in [0.29, 0.717) is 49.2 Å². The minimum absolute atomic E-state index is 0.201. The Morgan fingerprint density at radius 1 is 1.00 bits per heavy atom. The van der Waals surface area contributed by atoms with Gasteiger partial charge in [-0.15, -0.1) is 0 Å². The van der Waals surface area contributed by atoms with Crippen molar-refractivity contribution in [1.82, 2.24) is 5.32 Å². The quantitative estimate of drug-likeness (QED) is 0.279. The minimum Gasteiger partial charge on any atom is -0.497 e. The van der Waals surface area contributed by atoms with Gasteiger partial charge in [0.05, 0.1) is 26.4 Å². The summed E-state index contributed by atoms with van der Waals surface area (Å²) in [7, 11) is 1.61. The Morgan fingerprint density at radius 3 is 2.51 bits per heavy atom. The Labute approximate surface area is 218 Å². The van der Waals surface area contributed by atoms with E-state index < -0.39 is 0 Å². The molecule has 1 amide bonds. The SMILES string of the molecule is CC#COc1cc(C(=O)NCCOCCOc2cc(OC)ccc2C(N)c2ccccc2)cc(C)c1C. The molecule has 37 heavy (non-hydrogen) atoms. The number of amides is 1. The zero-order chi connectivity index (χ0) is 26.6. The fourth-order valence-electron chi connectivity index (χ4n) is 3.69. The van der Waals surface area contributed by atoms with Crippen molar-refractivity contribution in [3.63, 3.8) is 0 Å². The largest absolute Gasteiger partial charge is 0.497 e. The standard InChI is InChI=1S/C30H34N2O5/c1-5-14-36-27-19-24(18-21(2)22(27)3)30(33)32-13-15-35-16-17-37-28-20-25(34-4)11-12-26(28)29(31)23-9-7-6-8-10-23/h6-12,18-20,29H,13,15-17,31H2,1-4H3,(H,32,33). The van der Waals surface area contributed by atoms with Gasteiger partial charge in [0.25, 0.3) is 5.91 Å². The summed E-state index contributed by atoms with van der Waals surface area (Å²) in [6.07, 6.45) is 2.58. The number of carbonyl (C=O) groups is 1. The summed E-state index contributed by atoms with van der Waals surface area (Å²) in [5, 5.41) is 2.87. The molecule has 0 spiro atoms. The Bertz CT molecular complexity index is 1250. The van der Waals surface area contributed by atoms with E-state index in [-0.39, 0.29) is 11.9 Å². The summed E-state index contributed by atoms with van der Waals surface area (Å²) in [5.74, 6) is 4.40. The van der Waals surface area contributed by atoms with Crippen LogP contribution in [0.15, 0.2) is 60.7 Å². The zero-order valence-corrected chi connectivity index (χ0v) is 21.8. The van der Waals surface area contributed by atoms with Crippen molar-refractivity contribution in [2.24, 2.45) is 5.73 Å². The third kappa shape index (κ3) is 7.74. The van der Waals surface area contributed by atoms with Gasteiger partial charge in [-0.2, -0.15) is 0 Å². The third-order valence-electron chi connectivity index (χ3n) is 5.88. The summed E-state index contributed by atoms with van der Waals surface area (Å²) in [4.78, 5) is 12.6. The molecule has 0 saturated carbocycles. The first-order valence-electron chi connectivity index (χ1n) is 12.1. The molecule has 0 aromatic heterocycles. The van der Waals surface area contributed by atoms with Crippen LogP contribution in [0.3, 0.4) is 0 Å². The Hall–Kier alpha value is -3.99. The zero-order valence-electron chi connectivity index (χ0n) is 21.8. The fraction of sp³-hybridized carbons (Fsp3) is 0.300. The van der Waals surface area contributed by atoms with Crippen LogP contribution < -0.4 is 25.3 Å². The van der Waals surface area contributed by atoms with Crippen LogP contribution in [0.5, 0.6) is 17.2 Å². The van der Waals surface area contributed by atoms with Gasteiger partial charge in [0, 0.05) is 30.7 Å². The number of benzene rings is 3. The molecule has 3 N–H and O–H groups in total. The maximum absolute atomic E-state index is 12.6. The van der Waals surface area contributed by atoms with E-state index in [0.717, 1.165) is 22.3 Å². The molecule has 0 aliphatic rings. The predicted octanol–water partition coefficient (Wildman–Crippen LogP) is 4.55. The molecule has 0 radical (unpaired) electrons. The highest BCUT2D eigenvalue weighted by atomic mass is 16.5. The molecular formula is C30H34N2O5. The number of rotatable bonds is 12. The van der Waals surface area contributed by atoms with Crippen molar-refractivity contribution in [3.8, 4) is 29.3 Å². The smallest absolute Gasteiger partial charge is 0.251 e. The van der Waals surface area contributed by atoms with Crippen molar-refractivity contribution in [1.29, 1.82) is 0 Å². The molecule has 3 aromatic carbocycles. The lowest BCUT2D eigenvalue weighted by Crippen LogP contribution is -2.28. The maximum Gasteiger partial charge on any atom is 0.251 e. The molecule has 3 rings (SSSR count). The highest BCUT2D eigenvalue weighted by Crippen LogP contribution is 2.32. The first-order chi connectivity index (χ1) is 17.9. The number of ether oxygens (including phenoxy) is 4. The lowest BCUT2D eigenvalue weighted by Gasteiger charge is -2.18. The van der Waals surface area contributed by atoms with Gasteiger partial charge in [-0.05, 0) is 54.8 Å². The van der Waals surface area contributed by atoms with Gasteiger partial charge in [-0.1, -0.05) is 36.3 Å². The Morgan fingerprint density at radius 2 is 1.78 bits per heavy atom. The van der Waals surface area contributed by atoms with Crippen LogP contribution in [0.25, 0.3) is 0 Å². The van der Waals surface area contributed by atoms with Crippen LogP contribution in [0, 0.1) is 25.9 Å². The highest BCUT2D eigenvalue weighted by molar-refractivity contribution is 5.95. The van der Waals surface area contributed by atoms with Gasteiger partial charge in [0.2, 0.25) is 0 Å². The lowest BCUT2D eigenvalue weighted by molar-refractivity contribution is 0.0865. The number of nitrogens with two attached hydrogens (primary N) is 1. The number of hydrogen-bond acceptors (Lipinski definition) is 6. The average Bonchev–Trinajstić information content (AvgIpc) is 2.93. The van der Waals surface area contributed by atoms with Crippen molar-refractivity contribution in [2.75, 3.05) is 33.5 Å². The molecule has 7 nitrogen and oxygen atoms in total. The molecular weight excluding hydrogens is 468 g/mol. The van der Waals surface area contributed by atoms with Gasteiger partial charge in [-0.3, -0.25) is 4.79 Å². The number of carbonyl (C=O) groups excluding carboxylic acids is 1. The number of hydrogen-bond donors (Lipinski definition) is 2. The van der Waals surface area contributed by atoms with Crippen LogP contribution in [-0.2, 0) is 4.74 Å².